The van der Waals surface area contributed by atoms with Gasteiger partial charge >= 0.3 is 0 Å². The molecule has 24 heavy (non-hydrogen) atoms. The summed E-state index contributed by atoms with van der Waals surface area (Å²) in [6.07, 6.45) is 0.265. The number of hydrogen-bond acceptors (Lipinski definition) is 2. The van der Waals surface area contributed by atoms with Crippen molar-refractivity contribution in [3.05, 3.63) is 65.0 Å². The van der Waals surface area contributed by atoms with Crippen molar-refractivity contribution >= 4 is 11.6 Å². The number of carbonyl (C=O) groups is 1. The van der Waals surface area contributed by atoms with Gasteiger partial charge < -0.3 is 9.80 Å². The number of anilines is 1. The lowest BCUT2D eigenvalue weighted by Gasteiger charge is -2.37. The highest BCUT2D eigenvalue weighted by molar-refractivity contribution is 5.79. The van der Waals surface area contributed by atoms with Gasteiger partial charge in [0.05, 0.1) is 6.42 Å². The molecule has 0 radical (unpaired) electrons. The zero-order chi connectivity index (χ0) is 17.1. The SMILES string of the molecule is Cc1cccc(N2CCN(C(=O)Cc3cccc(F)c3)CC2)c1C. The van der Waals surface area contributed by atoms with Crippen LogP contribution in [0.3, 0.4) is 0 Å². The quantitative estimate of drug-likeness (QED) is 0.864. The van der Waals surface area contributed by atoms with Crippen molar-refractivity contribution < 1.29 is 9.18 Å². The molecule has 1 aliphatic heterocycles. The normalized spacial score (nSPS) is 14.8. The van der Waals surface area contributed by atoms with Crippen LogP contribution in [0.4, 0.5) is 10.1 Å². The Kier molecular flexibility index (Phi) is 4.84. The van der Waals surface area contributed by atoms with E-state index in [1.54, 1.807) is 12.1 Å². The number of halogens is 1. The van der Waals surface area contributed by atoms with Crippen LogP contribution in [0.25, 0.3) is 0 Å². The average molecular weight is 326 g/mol. The maximum absolute atomic E-state index is 13.2. The Morgan fingerprint density at radius 2 is 1.75 bits per heavy atom. The highest BCUT2D eigenvalue weighted by Crippen LogP contribution is 2.24. The molecule has 1 heterocycles. The van der Waals surface area contributed by atoms with Gasteiger partial charge in [0.1, 0.15) is 5.82 Å². The molecule has 4 heteroatoms. The van der Waals surface area contributed by atoms with Crippen LogP contribution in [-0.2, 0) is 11.2 Å². The highest BCUT2D eigenvalue weighted by atomic mass is 19.1. The second kappa shape index (κ2) is 7.04. The molecule has 2 aromatic rings. The van der Waals surface area contributed by atoms with E-state index in [1.807, 2.05) is 4.90 Å². The Morgan fingerprint density at radius 3 is 2.46 bits per heavy atom. The lowest BCUT2D eigenvalue weighted by Crippen LogP contribution is -2.49. The van der Waals surface area contributed by atoms with Crippen LogP contribution in [0, 0.1) is 19.7 Å². The predicted molar refractivity (Wildman–Crippen MR) is 94.8 cm³/mol. The first kappa shape index (κ1) is 16.5. The first-order chi connectivity index (χ1) is 11.5. The zero-order valence-corrected chi connectivity index (χ0v) is 14.3. The van der Waals surface area contributed by atoms with Gasteiger partial charge in [0.15, 0.2) is 0 Å². The molecule has 3 nitrogen and oxygen atoms in total. The minimum atomic E-state index is -0.292. The minimum Gasteiger partial charge on any atom is -0.368 e. The number of hydrogen-bond donors (Lipinski definition) is 0. The molecule has 0 bridgehead atoms. The number of piperazine rings is 1. The third-order valence-electron chi connectivity index (χ3n) is 4.79. The molecule has 0 atom stereocenters. The topological polar surface area (TPSA) is 23.6 Å². The Bertz CT molecular complexity index is 736. The number of amides is 1. The van der Waals surface area contributed by atoms with Crippen molar-refractivity contribution in [3.8, 4) is 0 Å². The van der Waals surface area contributed by atoms with E-state index in [4.69, 9.17) is 0 Å². The van der Waals surface area contributed by atoms with Gasteiger partial charge in [-0.25, -0.2) is 4.39 Å². The van der Waals surface area contributed by atoms with Gasteiger partial charge in [-0.2, -0.15) is 0 Å². The van der Waals surface area contributed by atoms with Gasteiger partial charge in [0, 0.05) is 31.9 Å². The lowest BCUT2D eigenvalue weighted by atomic mass is 10.1. The van der Waals surface area contributed by atoms with Gasteiger partial charge in [0.2, 0.25) is 5.91 Å². The van der Waals surface area contributed by atoms with Crippen LogP contribution in [0.5, 0.6) is 0 Å². The molecule has 0 aliphatic carbocycles. The largest absolute Gasteiger partial charge is 0.368 e. The molecule has 0 saturated carbocycles. The van der Waals surface area contributed by atoms with Crippen molar-refractivity contribution in [1.82, 2.24) is 4.90 Å². The molecule has 2 aromatic carbocycles. The molecule has 0 aromatic heterocycles. The van der Waals surface area contributed by atoms with Crippen molar-refractivity contribution in [2.75, 3.05) is 31.1 Å². The van der Waals surface area contributed by atoms with E-state index in [-0.39, 0.29) is 18.1 Å². The summed E-state index contributed by atoms with van der Waals surface area (Å²) >= 11 is 0. The molecule has 0 spiro atoms. The van der Waals surface area contributed by atoms with Crippen LogP contribution in [-0.4, -0.2) is 37.0 Å². The smallest absolute Gasteiger partial charge is 0.227 e. The Morgan fingerprint density at radius 1 is 1.04 bits per heavy atom. The molecular weight excluding hydrogens is 303 g/mol. The maximum atomic E-state index is 13.2. The Balaban J connectivity index is 1.60. The van der Waals surface area contributed by atoms with E-state index >= 15 is 0 Å². The third kappa shape index (κ3) is 3.58. The van der Waals surface area contributed by atoms with E-state index in [1.165, 1.54) is 28.9 Å². The van der Waals surface area contributed by atoms with Crippen LogP contribution in [0.2, 0.25) is 0 Å². The van der Waals surface area contributed by atoms with E-state index < -0.39 is 0 Å². The lowest BCUT2D eigenvalue weighted by molar-refractivity contribution is -0.130. The molecule has 0 unspecified atom stereocenters. The van der Waals surface area contributed by atoms with E-state index in [0.29, 0.717) is 13.1 Å². The molecule has 1 saturated heterocycles. The number of rotatable bonds is 3. The number of carbonyl (C=O) groups excluding carboxylic acids is 1. The third-order valence-corrected chi connectivity index (χ3v) is 4.79. The fourth-order valence-electron chi connectivity index (χ4n) is 3.21. The fraction of sp³-hybridized carbons (Fsp3) is 0.350. The van der Waals surface area contributed by atoms with Crippen LogP contribution < -0.4 is 4.90 Å². The van der Waals surface area contributed by atoms with Gasteiger partial charge in [-0.05, 0) is 48.7 Å². The van der Waals surface area contributed by atoms with E-state index in [0.717, 1.165) is 18.7 Å². The monoisotopic (exact) mass is 326 g/mol. The summed E-state index contributed by atoms with van der Waals surface area (Å²) in [4.78, 5) is 16.7. The summed E-state index contributed by atoms with van der Waals surface area (Å²) in [5.41, 5.74) is 4.58. The summed E-state index contributed by atoms with van der Waals surface area (Å²) < 4.78 is 13.2. The first-order valence-electron chi connectivity index (χ1n) is 8.38. The van der Waals surface area contributed by atoms with Crippen LogP contribution in [0.15, 0.2) is 42.5 Å². The second-order valence-electron chi connectivity index (χ2n) is 6.39. The number of benzene rings is 2. The molecule has 0 N–H and O–H groups in total. The van der Waals surface area contributed by atoms with Crippen LogP contribution >= 0.6 is 0 Å². The van der Waals surface area contributed by atoms with Crippen molar-refractivity contribution in [1.29, 1.82) is 0 Å². The molecule has 3 rings (SSSR count). The van der Waals surface area contributed by atoms with Gasteiger partial charge in [-0.3, -0.25) is 4.79 Å². The molecule has 1 amide bonds. The Hall–Kier alpha value is -2.36. The standard InChI is InChI=1S/C20H23FN2O/c1-15-5-3-8-19(16(15)2)22-9-11-23(12-10-22)20(24)14-17-6-4-7-18(21)13-17/h3-8,13H,9-12,14H2,1-2H3. The van der Waals surface area contributed by atoms with E-state index in [2.05, 4.69) is 36.9 Å². The summed E-state index contributed by atoms with van der Waals surface area (Å²) in [5, 5.41) is 0. The molecule has 126 valence electrons. The number of aryl methyl sites for hydroxylation is 1. The highest BCUT2D eigenvalue weighted by Gasteiger charge is 2.22. The second-order valence-corrected chi connectivity index (χ2v) is 6.39. The van der Waals surface area contributed by atoms with Gasteiger partial charge in [-0.15, -0.1) is 0 Å². The van der Waals surface area contributed by atoms with Gasteiger partial charge in [0.25, 0.3) is 0 Å². The van der Waals surface area contributed by atoms with E-state index in [9.17, 15) is 9.18 Å². The summed E-state index contributed by atoms with van der Waals surface area (Å²) in [5.74, 6) is -0.221. The molecule has 1 aliphatic rings. The first-order valence-corrected chi connectivity index (χ1v) is 8.38. The molecule has 1 fully saturated rings. The Labute approximate surface area is 142 Å². The average Bonchev–Trinajstić information content (AvgIpc) is 2.57. The minimum absolute atomic E-state index is 0.0706. The van der Waals surface area contributed by atoms with Crippen molar-refractivity contribution in [3.63, 3.8) is 0 Å². The zero-order valence-electron chi connectivity index (χ0n) is 14.3. The maximum Gasteiger partial charge on any atom is 0.227 e. The predicted octanol–water partition coefficient (Wildman–Crippen LogP) is 3.33. The van der Waals surface area contributed by atoms with Crippen molar-refractivity contribution in [2.45, 2.75) is 20.3 Å². The van der Waals surface area contributed by atoms with Crippen LogP contribution in [0.1, 0.15) is 16.7 Å². The summed E-state index contributed by atoms with van der Waals surface area (Å²) in [7, 11) is 0. The fourth-order valence-corrected chi connectivity index (χ4v) is 3.21. The summed E-state index contributed by atoms with van der Waals surface area (Å²) in [6, 6.07) is 12.6. The summed E-state index contributed by atoms with van der Waals surface area (Å²) in [6.45, 7) is 7.35. The number of nitrogens with zero attached hydrogens (tertiary/aromatic N) is 2. The van der Waals surface area contributed by atoms with Gasteiger partial charge in [-0.1, -0.05) is 24.3 Å². The van der Waals surface area contributed by atoms with Crippen molar-refractivity contribution in [2.24, 2.45) is 0 Å². The molecular formula is C20H23FN2O.